The molecule has 3 rings (SSSR count). The van der Waals surface area contributed by atoms with Gasteiger partial charge in [-0.25, -0.2) is 0 Å². The summed E-state index contributed by atoms with van der Waals surface area (Å²) in [7, 11) is 1.79. The molecule has 0 aliphatic carbocycles. The van der Waals surface area contributed by atoms with Crippen molar-refractivity contribution in [3.05, 3.63) is 29.8 Å². The second-order valence-electron chi connectivity index (χ2n) is 3.76. The molecule has 0 saturated heterocycles. The molecule has 2 N–H and O–H groups in total. The van der Waals surface area contributed by atoms with Gasteiger partial charge in [0, 0.05) is 18.0 Å². The first-order chi connectivity index (χ1) is 7.27. The maximum Gasteiger partial charge on any atom is 0.259 e. The second-order valence-corrected chi connectivity index (χ2v) is 3.76. The van der Waals surface area contributed by atoms with Gasteiger partial charge in [-0.1, -0.05) is 18.2 Å². The number of H-pyrrole nitrogens is 1. The minimum absolute atomic E-state index is 0.0706. The van der Waals surface area contributed by atoms with E-state index in [9.17, 15) is 4.79 Å². The molecule has 0 spiro atoms. The van der Waals surface area contributed by atoms with E-state index in [1.807, 2.05) is 24.3 Å². The van der Waals surface area contributed by atoms with E-state index >= 15 is 0 Å². The molecule has 4 heteroatoms. The number of carbonyl (C=O) groups excluding carboxylic acids is 1. The van der Waals surface area contributed by atoms with E-state index in [2.05, 4.69) is 10.3 Å². The highest BCUT2D eigenvalue weighted by Crippen LogP contribution is 2.29. The molecule has 1 aliphatic rings. The molecule has 2 heterocycles. The maximum atomic E-state index is 12.0. The first-order valence-electron chi connectivity index (χ1n) is 4.87. The molecule has 0 unspecified atom stereocenters. The Labute approximate surface area is 86.9 Å². The van der Waals surface area contributed by atoms with Crippen LogP contribution < -0.4 is 5.32 Å². The largest absolute Gasteiger partial charge is 0.353 e. The topological polar surface area (TPSA) is 48.1 Å². The lowest BCUT2D eigenvalue weighted by Gasteiger charge is -2.23. The summed E-state index contributed by atoms with van der Waals surface area (Å²) < 4.78 is 0. The summed E-state index contributed by atoms with van der Waals surface area (Å²) in [6.07, 6.45) is 0. The summed E-state index contributed by atoms with van der Waals surface area (Å²) >= 11 is 0. The Hall–Kier alpha value is -1.97. The van der Waals surface area contributed by atoms with Gasteiger partial charge in [0.2, 0.25) is 0 Å². The second kappa shape index (κ2) is 2.76. The van der Waals surface area contributed by atoms with Crippen molar-refractivity contribution in [3.63, 3.8) is 0 Å². The third-order valence-electron chi connectivity index (χ3n) is 2.76. The van der Waals surface area contributed by atoms with Crippen LogP contribution in [0.5, 0.6) is 0 Å². The van der Waals surface area contributed by atoms with Crippen molar-refractivity contribution in [2.75, 3.05) is 19.0 Å². The molecule has 0 atom stereocenters. The monoisotopic (exact) mass is 201 g/mol. The lowest BCUT2D eigenvalue weighted by Crippen LogP contribution is -2.36. The molecular weight excluding hydrogens is 190 g/mol. The number of aromatic amines is 1. The maximum absolute atomic E-state index is 12.0. The van der Waals surface area contributed by atoms with Crippen molar-refractivity contribution in [3.8, 4) is 0 Å². The van der Waals surface area contributed by atoms with E-state index in [1.54, 1.807) is 11.9 Å². The Bertz CT molecular complexity index is 544. The van der Waals surface area contributed by atoms with Crippen molar-refractivity contribution in [1.82, 2.24) is 9.88 Å². The molecule has 1 aromatic carbocycles. The average Bonchev–Trinajstić information content (AvgIpc) is 2.62. The lowest BCUT2D eigenvalue weighted by molar-refractivity contribution is 0.0799. The summed E-state index contributed by atoms with van der Waals surface area (Å²) in [4.78, 5) is 16.8. The van der Waals surface area contributed by atoms with E-state index < -0.39 is 0 Å². The minimum Gasteiger partial charge on any atom is -0.353 e. The van der Waals surface area contributed by atoms with Crippen LogP contribution in [0.15, 0.2) is 24.3 Å². The minimum atomic E-state index is 0.0706. The standard InChI is InChI=1S/C11H11N3O/c1-14-6-12-10-9(11(14)15)7-4-2-3-5-8(7)13-10/h2-5,12-13H,6H2,1H3. The van der Waals surface area contributed by atoms with Crippen LogP contribution in [-0.2, 0) is 0 Å². The van der Waals surface area contributed by atoms with Gasteiger partial charge in [-0.05, 0) is 6.07 Å². The van der Waals surface area contributed by atoms with Crippen molar-refractivity contribution >= 4 is 22.6 Å². The Morgan fingerprint density at radius 3 is 3.00 bits per heavy atom. The van der Waals surface area contributed by atoms with Gasteiger partial charge in [0.25, 0.3) is 5.91 Å². The number of anilines is 1. The molecular formula is C11H11N3O. The highest BCUT2D eigenvalue weighted by atomic mass is 16.2. The fourth-order valence-electron chi connectivity index (χ4n) is 1.96. The van der Waals surface area contributed by atoms with E-state index in [4.69, 9.17) is 0 Å². The zero-order valence-corrected chi connectivity index (χ0v) is 8.37. The van der Waals surface area contributed by atoms with Crippen LogP contribution >= 0.6 is 0 Å². The zero-order valence-electron chi connectivity index (χ0n) is 8.37. The number of hydrogen-bond acceptors (Lipinski definition) is 2. The van der Waals surface area contributed by atoms with Gasteiger partial charge in [-0.2, -0.15) is 0 Å². The van der Waals surface area contributed by atoms with Crippen molar-refractivity contribution in [1.29, 1.82) is 0 Å². The van der Waals surface area contributed by atoms with Gasteiger partial charge >= 0.3 is 0 Å². The number of fused-ring (bicyclic) bond motifs is 3. The molecule has 2 aromatic rings. The van der Waals surface area contributed by atoms with Gasteiger partial charge in [0.15, 0.2) is 0 Å². The van der Waals surface area contributed by atoms with Gasteiger partial charge < -0.3 is 15.2 Å². The summed E-state index contributed by atoms with van der Waals surface area (Å²) in [6.45, 7) is 0.554. The number of rotatable bonds is 0. The SMILES string of the molecule is CN1CNc2[nH]c3ccccc3c2C1=O. The lowest BCUT2D eigenvalue weighted by atomic mass is 10.1. The average molecular weight is 201 g/mol. The molecule has 1 aliphatic heterocycles. The molecule has 76 valence electrons. The first kappa shape index (κ1) is 8.35. The third-order valence-corrected chi connectivity index (χ3v) is 2.76. The number of nitrogens with zero attached hydrogens (tertiary/aromatic N) is 1. The number of carbonyl (C=O) groups is 1. The quantitative estimate of drug-likeness (QED) is 0.680. The normalized spacial score (nSPS) is 15.3. The molecule has 4 nitrogen and oxygen atoms in total. The molecule has 1 aromatic heterocycles. The predicted molar refractivity (Wildman–Crippen MR) is 58.9 cm³/mol. The molecule has 0 radical (unpaired) electrons. The fraction of sp³-hybridized carbons (Fsp3) is 0.182. The summed E-state index contributed by atoms with van der Waals surface area (Å²) in [5.41, 5.74) is 1.75. The fourth-order valence-corrected chi connectivity index (χ4v) is 1.96. The highest BCUT2D eigenvalue weighted by Gasteiger charge is 2.25. The highest BCUT2D eigenvalue weighted by molar-refractivity contribution is 6.12. The Morgan fingerprint density at radius 1 is 1.33 bits per heavy atom. The van der Waals surface area contributed by atoms with Crippen molar-refractivity contribution in [2.24, 2.45) is 0 Å². The van der Waals surface area contributed by atoms with Crippen LogP contribution in [0, 0.1) is 0 Å². The number of hydrogen-bond donors (Lipinski definition) is 2. The van der Waals surface area contributed by atoms with Gasteiger partial charge in [0.05, 0.1) is 12.2 Å². The summed E-state index contributed by atoms with van der Waals surface area (Å²) in [5.74, 6) is 0.903. The first-order valence-corrected chi connectivity index (χ1v) is 4.87. The zero-order chi connectivity index (χ0) is 10.4. The van der Waals surface area contributed by atoms with Crippen LogP contribution in [-0.4, -0.2) is 29.5 Å². The molecule has 0 fully saturated rings. The van der Waals surface area contributed by atoms with Crippen LogP contribution in [0.4, 0.5) is 5.82 Å². The van der Waals surface area contributed by atoms with Crippen molar-refractivity contribution < 1.29 is 4.79 Å². The smallest absolute Gasteiger partial charge is 0.259 e. The number of benzene rings is 1. The van der Waals surface area contributed by atoms with Crippen LogP contribution in [0.1, 0.15) is 10.4 Å². The van der Waals surface area contributed by atoms with Gasteiger partial charge in [-0.3, -0.25) is 4.79 Å². The van der Waals surface area contributed by atoms with Crippen LogP contribution in [0.25, 0.3) is 10.9 Å². The van der Waals surface area contributed by atoms with Gasteiger partial charge in [-0.15, -0.1) is 0 Å². The summed E-state index contributed by atoms with van der Waals surface area (Å²) in [6, 6.07) is 7.84. The predicted octanol–water partition coefficient (Wildman–Crippen LogP) is 1.62. The molecule has 0 saturated carbocycles. The number of aromatic nitrogens is 1. The number of para-hydroxylation sites is 1. The van der Waals surface area contributed by atoms with Gasteiger partial charge in [0.1, 0.15) is 5.82 Å². The third kappa shape index (κ3) is 1.05. The Balaban J connectivity index is 2.34. The Morgan fingerprint density at radius 2 is 2.13 bits per heavy atom. The van der Waals surface area contributed by atoms with Crippen LogP contribution in [0.3, 0.4) is 0 Å². The number of amides is 1. The molecule has 1 amide bonds. The van der Waals surface area contributed by atoms with E-state index in [0.717, 1.165) is 22.3 Å². The molecule has 15 heavy (non-hydrogen) atoms. The Kier molecular flexibility index (Phi) is 1.54. The van der Waals surface area contributed by atoms with E-state index in [1.165, 1.54) is 0 Å². The molecule has 0 bridgehead atoms. The van der Waals surface area contributed by atoms with Crippen LogP contribution in [0.2, 0.25) is 0 Å². The van der Waals surface area contributed by atoms with E-state index in [-0.39, 0.29) is 5.91 Å². The van der Waals surface area contributed by atoms with E-state index in [0.29, 0.717) is 6.67 Å². The summed E-state index contributed by atoms with van der Waals surface area (Å²) in [5, 5.41) is 4.16. The van der Waals surface area contributed by atoms with Crippen molar-refractivity contribution in [2.45, 2.75) is 0 Å². The number of nitrogens with one attached hydrogen (secondary N) is 2.